The second kappa shape index (κ2) is 78.7. The molecule has 0 saturated carbocycles. The maximum Gasteiger partial charge on any atom is 0.472 e. The molecule has 16 nitrogen and oxygen atoms in total. The summed E-state index contributed by atoms with van der Waals surface area (Å²) in [4.78, 5) is 58.7. The number of phosphoric ester groups is 2. The minimum absolute atomic E-state index is 0.0780. The number of unbranched alkanes of at least 4 members (excludes halogenated alkanes) is 27. The van der Waals surface area contributed by atoms with Crippen LogP contribution in [0.5, 0.6) is 0 Å². The fraction of sp³-hybridized carbons (Fsp3) is 0.667. The lowest BCUT2D eigenvalue weighted by Gasteiger charge is -2.21. The molecule has 0 fully saturated rings. The molecule has 0 radical (unpaired) electrons. The van der Waals surface area contributed by atoms with E-state index in [0.717, 1.165) is 161 Å². The Morgan fingerprint density at radius 2 is 0.505 bits per heavy atom. The molecule has 0 aromatic heterocycles. The van der Waals surface area contributed by atoms with Crippen molar-refractivity contribution in [1.82, 2.24) is 0 Å². The largest absolute Gasteiger partial charge is 0.472 e. The van der Waals surface area contributed by atoms with Crippen molar-refractivity contribution in [3.05, 3.63) is 158 Å². The number of esters is 3. The van der Waals surface area contributed by atoms with Crippen LogP contribution in [-0.2, 0) is 55.8 Å². The van der Waals surface area contributed by atoms with Crippen LogP contribution in [-0.4, -0.2) is 95.9 Å². The van der Waals surface area contributed by atoms with Gasteiger partial charge in [-0.1, -0.05) is 307 Å². The van der Waals surface area contributed by atoms with E-state index in [1.54, 1.807) is 0 Å². The molecule has 0 aromatic carbocycles. The van der Waals surface area contributed by atoms with Gasteiger partial charge in [-0.15, -0.1) is 0 Å². The van der Waals surface area contributed by atoms with Crippen LogP contribution in [0.1, 0.15) is 316 Å². The third-order valence-electron chi connectivity index (χ3n) is 16.7. The molecule has 18 heteroatoms. The first-order valence-corrected chi connectivity index (χ1v) is 43.8. The molecule has 4 N–H and O–H groups in total. The van der Waals surface area contributed by atoms with E-state index in [-0.39, 0.29) is 19.3 Å². The second-order valence-electron chi connectivity index (χ2n) is 26.8. The average Bonchev–Trinajstić information content (AvgIpc) is 0.915. The monoisotopic (exact) mass is 1510 g/mol. The van der Waals surface area contributed by atoms with Gasteiger partial charge in [0.2, 0.25) is 0 Å². The summed E-state index contributed by atoms with van der Waals surface area (Å²) in [7, 11) is -9.81. The van der Waals surface area contributed by atoms with Crippen molar-refractivity contribution in [2.45, 2.75) is 334 Å². The number of ether oxygens (including phenoxy) is 3. The van der Waals surface area contributed by atoms with E-state index in [1.165, 1.54) is 96.3 Å². The van der Waals surface area contributed by atoms with Crippen molar-refractivity contribution >= 4 is 33.6 Å². The molecule has 600 valence electrons. The van der Waals surface area contributed by atoms with Crippen LogP contribution in [0.2, 0.25) is 0 Å². The molecule has 0 bridgehead atoms. The zero-order chi connectivity index (χ0) is 76.6. The van der Waals surface area contributed by atoms with E-state index in [4.69, 9.17) is 32.3 Å². The number of hydrogen-bond donors (Lipinski definition) is 4. The highest BCUT2D eigenvalue weighted by atomic mass is 31.2. The highest BCUT2D eigenvalue weighted by Crippen LogP contribution is 2.45. The number of aliphatic hydroxyl groups excluding tert-OH is 2. The Hall–Kier alpha value is -4.83. The highest BCUT2D eigenvalue weighted by Gasteiger charge is 2.29. The van der Waals surface area contributed by atoms with Gasteiger partial charge in [0.25, 0.3) is 0 Å². The van der Waals surface area contributed by atoms with Gasteiger partial charge in [0.05, 0.1) is 26.4 Å². The molecular weight excluding hydrogens is 1360 g/mol. The Labute approximate surface area is 638 Å². The second-order valence-corrected chi connectivity index (χ2v) is 29.7. The summed E-state index contributed by atoms with van der Waals surface area (Å²) >= 11 is 0. The van der Waals surface area contributed by atoms with Crippen LogP contribution in [0.3, 0.4) is 0 Å². The van der Waals surface area contributed by atoms with Crippen LogP contribution in [0, 0.1) is 0 Å². The summed E-state index contributed by atoms with van der Waals surface area (Å²) in [6.07, 6.45) is 98.6. The van der Waals surface area contributed by atoms with Crippen molar-refractivity contribution in [3.63, 3.8) is 0 Å². The van der Waals surface area contributed by atoms with Crippen LogP contribution in [0.15, 0.2) is 158 Å². The maximum absolute atomic E-state index is 13.0. The zero-order valence-corrected chi connectivity index (χ0v) is 67.4. The number of aliphatic hydroxyl groups is 2. The summed E-state index contributed by atoms with van der Waals surface area (Å²) < 4.78 is 61.2. The Bertz CT molecular complexity index is 2540. The molecule has 0 aromatic rings. The van der Waals surface area contributed by atoms with E-state index < -0.39 is 91.5 Å². The molecule has 0 aliphatic rings. The minimum atomic E-state index is -4.95. The molecule has 0 amide bonds. The number of allylic oxidation sites excluding steroid dienone is 26. The molecule has 5 unspecified atom stereocenters. The van der Waals surface area contributed by atoms with Crippen LogP contribution < -0.4 is 0 Å². The van der Waals surface area contributed by atoms with Gasteiger partial charge in [0.15, 0.2) is 6.10 Å². The Morgan fingerprint density at radius 1 is 0.276 bits per heavy atom. The topological polar surface area (TPSA) is 231 Å². The lowest BCUT2D eigenvalue weighted by Crippen LogP contribution is -2.30. The first-order chi connectivity index (χ1) is 51.2. The van der Waals surface area contributed by atoms with Gasteiger partial charge in [-0.2, -0.15) is 0 Å². The molecule has 0 saturated heterocycles. The summed E-state index contributed by atoms with van der Waals surface area (Å²) in [5, 5.41) is 20.7. The normalized spacial score (nSPS) is 14.8. The maximum atomic E-state index is 13.0. The van der Waals surface area contributed by atoms with Crippen LogP contribution >= 0.6 is 15.6 Å². The number of rotatable bonds is 76. The Morgan fingerprint density at radius 3 is 0.810 bits per heavy atom. The van der Waals surface area contributed by atoms with Gasteiger partial charge in [0.1, 0.15) is 25.4 Å². The highest BCUT2D eigenvalue weighted by molar-refractivity contribution is 7.47. The van der Waals surface area contributed by atoms with Gasteiger partial charge in [-0.05, 0) is 148 Å². The molecule has 0 spiro atoms. The number of carbonyl (C=O) groups excluding carboxylic acids is 3. The lowest BCUT2D eigenvalue weighted by molar-refractivity contribution is -0.161. The first-order valence-electron chi connectivity index (χ1n) is 40.8. The van der Waals surface area contributed by atoms with Crippen molar-refractivity contribution in [2.75, 3.05) is 39.6 Å². The third-order valence-corrected chi connectivity index (χ3v) is 18.6. The van der Waals surface area contributed by atoms with E-state index in [9.17, 15) is 43.5 Å². The van der Waals surface area contributed by atoms with Crippen molar-refractivity contribution < 1.29 is 75.8 Å². The van der Waals surface area contributed by atoms with E-state index in [2.05, 4.69) is 179 Å². The average molecular weight is 1510 g/mol. The SMILES string of the molecule is CC/C=C\C/C=C\C/C=C\C/C=C\C/C=C\CCCCCCCCCCCCCCCCCC(=O)OCC(O)COP(=O)(O)OCC(O)COP(=O)(O)OCC(COC(=O)CCCCC/C=C\C/C=C\C/C=C\C/C=C\C/C=C\CC)OC(=O)CCCCCCCC/C=C\C/C=C\C/C=C\CCCCC. The zero-order valence-electron chi connectivity index (χ0n) is 65.6. The Kier molecular flexibility index (Phi) is 75.1. The minimum Gasteiger partial charge on any atom is -0.463 e. The van der Waals surface area contributed by atoms with E-state index >= 15 is 0 Å². The summed E-state index contributed by atoms with van der Waals surface area (Å²) in [6.45, 7) is 2.38. The van der Waals surface area contributed by atoms with Gasteiger partial charge in [-0.3, -0.25) is 32.5 Å². The van der Waals surface area contributed by atoms with Crippen LogP contribution in [0.4, 0.5) is 0 Å². The van der Waals surface area contributed by atoms with Gasteiger partial charge < -0.3 is 34.2 Å². The number of hydrogen-bond acceptors (Lipinski definition) is 14. The number of phosphoric acid groups is 2. The summed E-state index contributed by atoms with van der Waals surface area (Å²) in [6, 6.07) is 0. The standard InChI is InChI=1S/C87H146O16P2/c1-4-7-10-13-16-19-22-25-28-31-34-35-36-37-38-39-40-41-42-43-44-45-48-50-52-55-58-61-64-67-70-73-85(90)97-76-82(88)77-99-104(93,94)100-78-83(89)79-101-105(95,96)102-81-84(103-87(92)75-72-69-66-63-60-57-54-51-47-33-30-27-24-21-18-15-12-9-6-3)80-98-86(91)74-71-68-65-62-59-56-53-49-46-32-29-26-23-20-17-14-11-8-5-2/h7-8,10-11,16-21,25-30,34-35,37-38,46-47,49,51,56,59,82-84,88-89H,4-6,9,12-15,22-24,31-33,36,39-45,48,50,52-55,57-58,60-81H2,1-3H3,(H,93,94)(H,95,96)/b10-7-,11-8-,19-16-,20-17-,21-18-,28-25-,29-26-,30-27-,35-34-,38-37-,49-46-,51-47-,59-56-. The number of carbonyl (C=O) groups is 3. The van der Waals surface area contributed by atoms with E-state index in [0.29, 0.717) is 19.3 Å². The van der Waals surface area contributed by atoms with Gasteiger partial charge in [-0.25, -0.2) is 9.13 Å². The molecule has 0 aliphatic carbocycles. The van der Waals surface area contributed by atoms with Gasteiger partial charge in [0, 0.05) is 19.3 Å². The smallest absolute Gasteiger partial charge is 0.463 e. The third kappa shape index (κ3) is 80.0. The Balaban J connectivity index is 4.57. The van der Waals surface area contributed by atoms with Crippen molar-refractivity contribution in [1.29, 1.82) is 0 Å². The van der Waals surface area contributed by atoms with E-state index in [1.807, 2.05) is 0 Å². The quantitative estimate of drug-likeness (QED) is 0.0146. The fourth-order valence-electron chi connectivity index (χ4n) is 10.6. The van der Waals surface area contributed by atoms with Crippen molar-refractivity contribution in [2.24, 2.45) is 0 Å². The first kappa shape index (κ1) is 100. The van der Waals surface area contributed by atoms with Crippen molar-refractivity contribution in [3.8, 4) is 0 Å². The predicted octanol–water partition coefficient (Wildman–Crippen LogP) is 24.2. The molecular formula is C87H146O16P2. The molecule has 5 atom stereocenters. The fourth-order valence-corrected chi connectivity index (χ4v) is 12.2. The summed E-state index contributed by atoms with van der Waals surface area (Å²) in [5.74, 6) is -1.63. The van der Waals surface area contributed by atoms with Crippen LogP contribution in [0.25, 0.3) is 0 Å². The molecule has 0 heterocycles. The molecule has 0 rings (SSSR count). The predicted molar refractivity (Wildman–Crippen MR) is 435 cm³/mol. The van der Waals surface area contributed by atoms with Gasteiger partial charge >= 0.3 is 33.6 Å². The molecule has 0 aliphatic heterocycles. The molecule has 105 heavy (non-hydrogen) atoms. The lowest BCUT2D eigenvalue weighted by atomic mass is 10.0. The summed E-state index contributed by atoms with van der Waals surface area (Å²) in [5.41, 5.74) is 0.